The number of hydrogen-bond donors (Lipinski definition) is 1. The van der Waals surface area contributed by atoms with Gasteiger partial charge in [0, 0.05) is 41.3 Å². The Morgan fingerprint density at radius 1 is 1.07 bits per heavy atom. The van der Waals surface area contributed by atoms with Gasteiger partial charge >= 0.3 is 0 Å². The number of amides is 1. The zero-order valence-electron chi connectivity index (χ0n) is 16.1. The van der Waals surface area contributed by atoms with Gasteiger partial charge in [0.25, 0.3) is 0 Å². The Morgan fingerprint density at radius 2 is 1.86 bits per heavy atom. The number of rotatable bonds is 7. The largest absolute Gasteiger partial charge is 0.346 e. The van der Waals surface area contributed by atoms with Crippen LogP contribution in [0, 0.1) is 0 Å². The summed E-state index contributed by atoms with van der Waals surface area (Å²) in [4.78, 5) is 28.2. The van der Waals surface area contributed by atoms with E-state index < -0.39 is 0 Å². The number of Topliss-reactive ketones (excluding diaryl/α,β-unsaturated/α-hetero) is 1. The molecule has 7 heteroatoms. The third kappa shape index (κ3) is 4.24. The van der Waals surface area contributed by atoms with E-state index in [4.69, 9.17) is 0 Å². The predicted octanol–water partition coefficient (Wildman–Crippen LogP) is 3.51. The van der Waals surface area contributed by atoms with E-state index in [-0.39, 0.29) is 11.7 Å². The van der Waals surface area contributed by atoms with Gasteiger partial charge in [0.1, 0.15) is 12.7 Å². The Kier molecular flexibility index (Phi) is 5.20. The van der Waals surface area contributed by atoms with E-state index in [1.54, 1.807) is 17.9 Å². The molecule has 2 aromatic carbocycles. The van der Waals surface area contributed by atoms with Crippen molar-refractivity contribution in [1.29, 1.82) is 0 Å². The third-order valence-corrected chi connectivity index (χ3v) is 4.80. The molecule has 2 heterocycles. The standard InChI is InChI=1S/C22H21N5O2/c1-16(28)20-13-26(21-5-3-2-4-19(20)21)11-10-22(29)25-18-8-6-17(7-9-18)12-27-15-23-14-24-27/h2-9,13-15H,10-12H2,1H3,(H,25,29). The van der Waals surface area contributed by atoms with Gasteiger partial charge in [0.2, 0.25) is 5.91 Å². The van der Waals surface area contributed by atoms with Gasteiger partial charge in [-0.1, -0.05) is 30.3 Å². The van der Waals surface area contributed by atoms with E-state index in [1.165, 1.54) is 6.33 Å². The Morgan fingerprint density at radius 3 is 2.59 bits per heavy atom. The van der Waals surface area contributed by atoms with Crippen LogP contribution in [0.3, 0.4) is 0 Å². The summed E-state index contributed by atoms with van der Waals surface area (Å²) in [5, 5.41) is 7.92. The van der Waals surface area contributed by atoms with Crippen molar-refractivity contribution in [2.24, 2.45) is 0 Å². The number of aromatic nitrogens is 4. The van der Waals surface area contributed by atoms with Gasteiger partial charge in [-0.2, -0.15) is 5.10 Å². The van der Waals surface area contributed by atoms with Gasteiger partial charge in [-0.15, -0.1) is 0 Å². The minimum atomic E-state index is -0.0730. The summed E-state index contributed by atoms with van der Waals surface area (Å²) in [6, 6.07) is 15.4. The van der Waals surface area contributed by atoms with E-state index >= 15 is 0 Å². The second kappa shape index (κ2) is 8.10. The van der Waals surface area contributed by atoms with Crippen LogP contribution in [0.25, 0.3) is 10.9 Å². The topological polar surface area (TPSA) is 81.8 Å². The summed E-state index contributed by atoms with van der Waals surface area (Å²) < 4.78 is 3.71. The number of ketones is 1. The molecule has 0 saturated heterocycles. The molecule has 1 amide bonds. The molecule has 0 spiro atoms. The number of nitrogens with zero attached hydrogens (tertiary/aromatic N) is 4. The highest BCUT2D eigenvalue weighted by Crippen LogP contribution is 2.22. The van der Waals surface area contributed by atoms with E-state index in [2.05, 4.69) is 15.4 Å². The second-order valence-corrected chi connectivity index (χ2v) is 6.90. The molecule has 29 heavy (non-hydrogen) atoms. The lowest BCUT2D eigenvalue weighted by atomic mass is 10.1. The van der Waals surface area contributed by atoms with Crippen LogP contribution in [0.1, 0.15) is 29.3 Å². The van der Waals surface area contributed by atoms with Crippen molar-refractivity contribution in [3.05, 3.63) is 78.5 Å². The predicted molar refractivity (Wildman–Crippen MR) is 111 cm³/mol. The molecular weight excluding hydrogens is 366 g/mol. The first-order chi connectivity index (χ1) is 14.1. The number of hydrogen-bond acceptors (Lipinski definition) is 4. The van der Waals surface area contributed by atoms with Crippen LogP contribution in [0.4, 0.5) is 5.69 Å². The molecule has 0 unspecified atom stereocenters. The van der Waals surface area contributed by atoms with Gasteiger partial charge < -0.3 is 9.88 Å². The molecule has 0 bridgehead atoms. The number of carbonyl (C=O) groups is 2. The lowest BCUT2D eigenvalue weighted by Crippen LogP contribution is -2.14. The molecule has 0 fully saturated rings. The first kappa shape index (κ1) is 18.6. The maximum atomic E-state index is 12.4. The fourth-order valence-electron chi connectivity index (χ4n) is 3.35. The molecule has 4 rings (SSSR count). The summed E-state index contributed by atoms with van der Waals surface area (Å²) in [5.74, 6) is -0.0495. The number of aryl methyl sites for hydroxylation is 1. The van der Waals surface area contributed by atoms with Crippen LogP contribution < -0.4 is 5.32 Å². The zero-order valence-corrected chi connectivity index (χ0v) is 16.1. The fourth-order valence-corrected chi connectivity index (χ4v) is 3.35. The molecular formula is C22H21N5O2. The van der Waals surface area contributed by atoms with Crippen LogP contribution >= 0.6 is 0 Å². The quantitative estimate of drug-likeness (QED) is 0.492. The van der Waals surface area contributed by atoms with Crippen LogP contribution in [-0.4, -0.2) is 31.0 Å². The van der Waals surface area contributed by atoms with Crippen molar-refractivity contribution >= 4 is 28.3 Å². The lowest BCUT2D eigenvalue weighted by Gasteiger charge is -2.08. The normalized spacial score (nSPS) is 10.9. The highest BCUT2D eigenvalue weighted by Gasteiger charge is 2.12. The molecule has 0 aliphatic rings. The zero-order chi connectivity index (χ0) is 20.2. The number of para-hydroxylation sites is 1. The highest BCUT2D eigenvalue weighted by atomic mass is 16.1. The first-order valence-electron chi connectivity index (χ1n) is 9.40. The SMILES string of the molecule is CC(=O)c1cn(CCC(=O)Nc2ccc(Cn3cncn3)cc2)c2ccccc12. The Labute approximate surface area is 168 Å². The van der Waals surface area contributed by atoms with Crippen molar-refractivity contribution in [2.75, 3.05) is 5.32 Å². The van der Waals surface area contributed by atoms with Crippen LogP contribution in [-0.2, 0) is 17.9 Å². The molecule has 0 saturated carbocycles. The number of fused-ring (bicyclic) bond motifs is 1. The van der Waals surface area contributed by atoms with Crippen molar-refractivity contribution in [3.8, 4) is 0 Å². The summed E-state index contributed by atoms with van der Waals surface area (Å²) in [7, 11) is 0. The summed E-state index contributed by atoms with van der Waals surface area (Å²) >= 11 is 0. The monoisotopic (exact) mass is 387 g/mol. The van der Waals surface area contributed by atoms with Crippen molar-refractivity contribution in [1.82, 2.24) is 19.3 Å². The van der Waals surface area contributed by atoms with Gasteiger partial charge in [0.05, 0.1) is 6.54 Å². The maximum Gasteiger partial charge on any atom is 0.226 e. The Hall–Kier alpha value is -3.74. The average Bonchev–Trinajstić information content (AvgIpc) is 3.36. The second-order valence-electron chi connectivity index (χ2n) is 6.90. The molecule has 4 aromatic rings. The van der Waals surface area contributed by atoms with Gasteiger partial charge in [0.15, 0.2) is 5.78 Å². The third-order valence-electron chi connectivity index (χ3n) is 4.80. The lowest BCUT2D eigenvalue weighted by molar-refractivity contribution is -0.116. The van der Waals surface area contributed by atoms with E-state index in [0.29, 0.717) is 25.1 Å². The average molecular weight is 387 g/mol. The molecule has 7 nitrogen and oxygen atoms in total. The van der Waals surface area contributed by atoms with Crippen LogP contribution in [0.2, 0.25) is 0 Å². The minimum absolute atomic E-state index is 0.0235. The molecule has 146 valence electrons. The smallest absolute Gasteiger partial charge is 0.226 e. The van der Waals surface area contributed by atoms with Crippen molar-refractivity contribution < 1.29 is 9.59 Å². The van der Waals surface area contributed by atoms with Gasteiger partial charge in [-0.3, -0.25) is 9.59 Å². The highest BCUT2D eigenvalue weighted by molar-refractivity contribution is 6.07. The van der Waals surface area contributed by atoms with Crippen LogP contribution in [0.5, 0.6) is 0 Å². The molecule has 1 N–H and O–H groups in total. The minimum Gasteiger partial charge on any atom is -0.346 e. The Balaban J connectivity index is 1.38. The first-order valence-corrected chi connectivity index (χ1v) is 9.40. The molecule has 0 radical (unpaired) electrons. The number of benzene rings is 2. The Bertz CT molecular complexity index is 1140. The van der Waals surface area contributed by atoms with E-state index in [0.717, 1.165) is 22.2 Å². The molecule has 0 aliphatic heterocycles. The number of carbonyl (C=O) groups excluding carboxylic acids is 2. The van der Waals surface area contributed by atoms with E-state index in [9.17, 15) is 9.59 Å². The number of anilines is 1. The summed E-state index contributed by atoms with van der Waals surface area (Å²) in [5.41, 5.74) is 3.47. The maximum absolute atomic E-state index is 12.4. The fraction of sp³-hybridized carbons (Fsp3) is 0.182. The summed E-state index contributed by atoms with van der Waals surface area (Å²) in [6.07, 6.45) is 5.32. The van der Waals surface area contributed by atoms with E-state index in [1.807, 2.05) is 59.3 Å². The van der Waals surface area contributed by atoms with Gasteiger partial charge in [-0.05, 0) is 30.7 Å². The van der Waals surface area contributed by atoms with Crippen molar-refractivity contribution in [3.63, 3.8) is 0 Å². The molecule has 2 aromatic heterocycles. The molecule has 0 aliphatic carbocycles. The van der Waals surface area contributed by atoms with Crippen LogP contribution in [0.15, 0.2) is 67.4 Å². The van der Waals surface area contributed by atoms with Gasteiger partial charge in [-0.25, -0.2) is 9.67 Å². The molecule has 0 atom stereocenters. The number of nitrogens with one attached hydrogen (secondary N) is 1. The summed E-state index contributed by atoms with van der Waals surface area (Å²) in [6.45, 7) is 2.70. The van der Waals surface area contributed by atoms with Crippen molar-refractivity contribution in [2.45, 2.75) is 26.4 Å².